The highest BCUT2D eigenvalue weighted by Crippen LogP contribution is 2.40. The van der Waals surface area contributed by atoms with Gasteiger partial charge in [0.05, 0.1) is 5.69 Å². The van der Waals surface area contributed by atoms with Crippen molar-refractivity contribution in [2.75, 3.05) is 0 Å². The summed E-state index contributed by atoms with van der Waals surface area (Å²) in [5, 5.41) is 10.3. The molecule has 0 aliphatic rings. The van der Waals surface area contributed by atoms with E-state index in [9.17, 15) is 0 Å². The van der Waals surface area contributed by atoms with E-state index in [1.807, 2.05) is 12.3 Å². The third-order valence-corrected chi connectivity index (χ3v) is 3.46. The maximum absolute atomic E-state index is 5.90. The molecule has 2 N–H and O–H groups in total. The Morgan fingerprint density at radius 2 is 2.18 bits per heavy atom. The van der Waals surface area contributed by atoms with Crippen molar-refractivity contribution in [2.45, 2.75) is 17.3 Å². The fraction of sp³-hybridized carbons (Fsp3) is 0.375. The van der Waals surface area contributed by atoms with Gasteiger partial charge in [-0.3, -0.25) is 0 Å². The van der Waals surface area contributed by atoms with E-state index in [1.54, 1.807) is 0 Å². The van der Waals surface area contributed by atoms with E-state index in [4.69, 9.17) is 40.5 Å². The number of halogens is 3. The van der Waals surface area contributed by atoms with Crippen LogP contribution < -0.4 is 5.73 Å². The van der Waals surface area contributed by atoms with Crippen LogP contribution in [0.1, 0.15) is 17.1 Å². The van der Waals surface area contributed by atoms with Crippen LogP contribution in [-0.2, 0) is 10.3 Å². The Bertz CT molecular complexity index is 529. The van der Waals surface area contributed by atoms with Crippen LogP contribution in [0.3, 0.4) is 0 Å². The fourth-order valence-electron chi connectivity index (χ4n) is 1.31. The number of thiazole rings is 1. The molecule has 0 spiro atoms. The number of hydrogen-bond acceptors (Lipinski definition) is 5. The van der Waals surface area contributed by atoms with Gasteiger partial charge in [-0.1, -0.05) is 40.0 Å². The van der Waals surface area contributed by atoms with E-state index >= 15 is 0 Å². The number of rotatable bonds is 2. The van der Waals surface area contributed by atoms with Crippen molar-refractivity contribution < 1.29 is 0 Å². The Morgan fingerprint density at radius 3 is 2.65 bits per heavy atom. The zero-order chi connectivity index (χ0) is 12.6. The molecule has 0 fully saturated rings. The first-order valence-corrected chi connectivity index (χ1v) is 6.59. The molecule has 2 aromatic heterocycles. The second kappa shape index (κ2) is 4.70. The van der Waals surface area contributed by atoms with Gasteiger partial charge < -0.3 is 5.73 Å². The molecule has 0 aromatic carbocycles. The van der Waals surface area contributed by atoms with Crippen LogP contribution >= 0.6 is 46.1 Å². The number of nitrogens with two attached hydrogens (primary N) is 1. The molecule has 0 aliphatic carbocycles. The minimum Gasteiger partial charge on any atom is -0.325 e. The first-order chi connectivity index (χ1) is 7.93. The predicted octanol–water partition coefficient (Wildman–Crippen LogP) is 2.32. The summed E-state index contributed by atoms with van der Waals surface area (Å²) < 4.78 is -0.232. The SMILES string of the molecule is Cc1csc(-n2nnc(CN)c2C(Cl)(Cl)Cl)n1. The smallest absolute Gasteiger partial charge is 0.234 e. The molecule has 0 atom stereocenters. The van der Waals surface area contributed by atoms with Gasteiger partial charge in [-0.25, -0.2) is 4.98 Å². The second-order valence-electron chi connectivity index (χ2n) is 3.27. The lowest BCUT2D eigenvalue weighted by Crippen LogP contribution is -2.14. The molecular weight excluding hydrogens is 305 g/mol. The largest absolute Gasteiger partial charge is 0.325 e. The summed E-state index contributed by atoms with van der Waals surface area (Å²) >= 11 is 19.1. The lowest BCUT2D eigenvalue weighted by Gasteiger charge is -2.12. The van der Waals surface area contributed by atoms with Crippen molar-refractivity contribution in [3.63, 3.8) is 0 Å². The van der Waals surface area contributed by atoms with Gasteiger partial charge in [0.15, 0.2) is 0 Å². The topological polar surface area (TPSA) is 69.6 Å². The zero-order valence-electron chi connectivity index (χ0n) is 8.69. The van der Waals surface area contributed by atoms with Crippen LogP contribution in [0, 0.1) is 6.92 Å². The standard InChI is InChI=1S/C8H8Cl3N5S/c1-4-3-17-7(13-4)16-6(8(9,10)11)5(2-12)14-15-16/h3H,2,12H2,1H3. The highest BCUT2D eigenvalue weighted by molar-refractivity contribution is 7.12. The Kier molecular flexibility index (Phi) is 3.61. The van der Waals surface area contributed by atoms with Crippen molar-refractivity contribution in [2.24, 2.45) is 5.73 Å². The molecule has 0 amide bonds. The molecule has 17 heavy (non-hydrogen) atoms. The quantitative estimate of drug-likeness (QED) is 0.864. The van der Waals surface area contributed by atoms with Crippen LogP contribution in [0.2, 0.25) is 0 Å². The van der Waals surface area contributed by atoms with Crippen LogP contribution in [0.4, 0.5) is 0 Å². The lowest BCUT2D eigenvalue weighted by molar-refractivity contribution is 0.763. The third-order valence-electron chi connectivity index (χ3n) is 1.99. The van der Waals surface area contributed by atoms with Gasteiger partial charge in [-0.05, 0) is 6.92 Å². The minimum atomic E-state index is -1.64. The highest BCUT2D eigenvalue weighted by Gasteiger charge is 2.33. The van der Waals surface area contributed by atoms with Gasteiger partial charge in [0, 0.05) is 11.9 Å². The Hall–Kier alpha value is -0.400. The highest BCUT2D eigenvalue weighted by atomic mass is 35.6. The molecule has 9 heteroatoms. The predicted molar refractivity (Wildman–Crippen MR) is 68.9 cm³/mol. The van der Waals surface area contributed by atoms with E-state index in [1.165, 1.54) is 16.0 Å². The van der Waals surface area contributed by atoms with Crippen molar-refractivity contribution in [3.8, 4) is 5.13 Å². The van der Waals surface area contributed by atoms with E-state index < -0.39 is 3.79 Å². The maximum atomic E-state index is 5.90. The van der Waals surface area contributed by atoms with E-state index in [-0.39, 0.29) is 6.54 Å². The first-order valence-electron chi connectivity index (χ1n) is 4.58. The average molecular weight is 313 g/mol. The summed E-state index contributed by atoms with van der Waals surface area (Å²) in [4.78, 5) is 4.26. The lowest BCUT2D eigenvalue weighted by atomic mass is 10.3. The Labute approximate surface area is 116 Å². The summed E-state index contributed by atoms with van der Waals surface area (Å²) in [6.07, 6.45) is 0. The molecule has 0 saturated carbocycles. The summed E-state index contributed by atoms with van der Waals surface area (Å²) in [6.45, 7) is 2.02. The zero-order valence-corrected chi connectivity index (χ0v) is 11.8. The number of aromatic nitrogens is 4. The van der Waals surface area contributed by atoms with Crippen LogP contribution in [0.25, 0.3) is 5.13 Å². The number of alkyl halides is 3. The molecule has 2 heterocycles. The van der Waals surface area contributed by atoms with Gasteiger partial charge in [0.2, 0.25) is 8.92 Å². The van der Waals surface area contributed by atoms with Crippen molar-refractivity contribution >= 4 is 46.1 Å². The maximum Gasteiger partial charge on any atom is 0.234 e. The van der Waals surface area contributed by atoms with E-state index in [0.29, 0.717) is 16.5 Å². The van der Waals surface area contributed by atoms with Crippen molar-refractivity contribution in [1.29, 1.82) is 0 Å². The van der Waals surface area contributed by atoms with Crippen LogP contribution in [-0.4, -0.2) is 20.0 Å². The average Bonchev–Trinajstić information content (AvgIpc) is 2.81. The summed E-state index contributed by atoms with van der Waals surface area (Å²) in [6, 6.07) is 0. The van der Waals surface area contributed by atoms with E-state index in [0.717, 1.165) is 5.69 Å². The van der Waals surface area contributed by atoms with Crippen molar-refractivity contribution in [1.82, 2.24) is 20.0 Å². The molecule has 5 nitrogen and oxygen atoms in total. The third kappa shape index (κ3) is 2.56. The van der Waals surface area contributed by atoms with Gasteiger partial charge in [-0.2, -0.15) is 4.68 Å². The molecule has 0 unspecified atom stereocenters. The number of hydrogen-bond donors (Lipinski definition) is 1. The monoisotopic (exact) mass is 311 g/mol. The molecule has 92 valence electrons. The Morgan fingerprint density at radius 1 is 1.47 bits per heavy atom. The summed E-state index contributed by atoms with van der Waals surface area (Å²) in [7, 11) is 0. The first kappa shape index (κ1) is 13.0. The minimum absolute atomic E-state index is 0.146. The van der Waals surface area contributed by atoms with Gasteiger partial charge >= 0.3 is 0 Å². The van der Waals surface area contributed by atoms with Crippen LogP contribution in [0.15, 0.2) is 5.38 Å². The number of aryl methyl sites for hydroxylation is 1. The van der Waals surface area contributed by atoms with Gasteiger partial charge in [-0.15, -0.1) is 16.4 Å². The van der Waals surface area contributed by atoms with Gasteiger partial charge in [0.25, 0.3) is 0 Å². The molecule has 0 aliphatic heterocycles. The molecular formula is C8H8Cl3N5S. The normalized spacial score (nSPS) is 12.1. The molecule has 0 radical (unpaired) electrons. The van der Waals surface area contributed by atoms with Crippen molar-refractivity contribution in [3.05, 3.63) is 22.5 Å². The summed E-state index contributed by atoms with van der Waals surface area (Å²) in [5.41, 5.74) is 7.18. The summed E-state index contributed by atoms with van der Waals surface area (Å²) in [5.74, 6) is 0. The Balaban J connectivity index is 2.59. The van der Waals surface area contributed by atoms with Gasteiger partial charge in [0.1, 0.15) is 11.4 Å². The second-order valence-corrected chi connectivity index (χ2v) is 6.39. The van der Waals surface area contributed by atoms with E-state index in [2.05, 4.69) is 15.3 Å². The molecule has 2 aromatic rings. The molecule has 0 saturated heterocycles. The molecule has 0 bridgehead atoms. The molecule has 2 rings (SSSR count). The number of nitrogens with zero attached hydrogens (tertiary/aromatic N) is 4. The van der Waals surface area contributed by atoms with Crippen LogP contribution in [0.5, 0.6) is 0 Å². The fourth-order valence-corrected chi connectivity index (χ4v) is 2.63.